The number of hydrogen-bond acceptors (Lipinski definition) is 8. The van der Waals surface area contributed by atoms with Crippen LogP contribution in [-0.4, -0.2) is 144 Å². The van der Waals surface area contributed by atoms with Gasteiger partial charge in [-0.15, -0.1) is 0 Å². The average molecular weight is 1350 g/mol. The van der Waals surface area contributed by atoms with Gasteiger partial charge in [0, 0.05) is 93.5 Å². The number of aromatic amines is 3. The van der Waals surface area contributed by atoms with E-state index in [2.05, 4.69) is 35.9 Å². The Balaban J connectivity index is 0.000000156. The molecular weight excluding hydrogens is 1270 g/mol. The molecule has 8 heterocycles. The van der Waals surface area contributed by atoms with Crippen molar-refractivity contribution in [2.75, 3.05) is 65.4 Å². The molecule has 514 valence electrons. The van der Waals surface area contributed by atoms with Crippen LogP contribution in [0.1, 0.15) is 199 Å². The van der Waals surface area contributed by atoms with E-state index in [4.69, 9.17) is 0 Å². The molecule has 95 heavy (non-hydrogen) atoms. The van der Waals surface area contributed by atoms with Gasteiger partial charge in [-0.3, -0.25) is 29.7 Å². The fourth-order valence-electron chi connectivity index (χ4n) is 14.4. The van der Waals surface area contributed by atoms with Crippen LogP contribution in [-0.2, 0) is 57.3 Å². The van der Waals surface area contributed by atoms with E-state index in [1.165, 1.54) is 17.0 Å². The minimum Gasteiger partial charge on any atom is -0.337 e. The molecule has 5 aliphatic heterocycles. The Morgan fingerprint density at radius 1 is 0.432 bits per heavy atom. The third-order valence-electron chi connectivity index (χ3n) is 19.2. The summed E-state index contributed by atoms with van der Waals surface area (Å²) < 4.78 is 177. The molecule has 4 N–H and O–H groups in total. The predicted octanol–water partition coefficient (Wildman–Crippen LogP) is 13.3. The molecule has 0 atom stereocenters. The normalized spacial score (nSPS) is 18.2. The van der Waals surface area contributed by atoms with Crippen LogP contribution < -0.4 is 5.32 Å². The maximum atomic E-state index is 14.1. The molecular formula is C66H75F13N12O4. The minimum atomic E-state index is -5.03. The van der Waals surface area contributed by atoms with Gasteiger partial charge in [-0.1, -0.05) is 25.6 Å². The standard InChI is InChI=1S/C23H25F5N6O2.2C21H23F4N3O.CH4/c24-16-2-1-14(18(19(16)25)23(26,27)28)13-3-7-32(8-4-13)21(35)20-15-11-34(12-17(15)30-31-20)22(36)33-9-5-29-6-10-33;2*1-12-10-15(18(16(22)11-12)21(23,24)25)13-6-8-28(9-7-13)20(29)19-14-4-2-3-5-17(14)26-27-19;/h1-2,13,29H,3-12H2,(H,30,31);2*10-11,13H,2-9H2,1H3,(H,26,27);1H4. The first kappa shape index (κ1) is 69.8. The molecule has 13 rings (SSSR count). The number of likely N-dealkylation sites (tertiary alicyclic amines) is 3. The summed E-state index contributed by atoms with van der Waals surface area (Å²) in [6, 6.07) is 6.28. The van der Waals surface area contributed by atoms with Crippen LogP contribution in [0.25, 0.3) is 0 Å². The lowest BCUT2D eigenvalue weighted by molar-refractivity contribution is -0.142. The van der Waals surface area contributed by atoms with Crippen LogP contribution >= 0.6 is 0 Å². The SMILES string of the molecule is C.Cc1cc(F)c(C(F)(F)F)c(C2CCN(C(=O)c3n[nH]c4c3CCCC4)CC2)c1.Cc1cc(F)c(C(F)(F)F)c(C2CCN(C(=O)c3n[nH]c4c3CCCC4)CC2)c1.O=C(c1n[nH]c2c1CN(C(=O)N1CCNCC1)C2)N1CCC(c2ccc(F)c(F)c2C(F)(F)F)CC1. The number of H-pyrrole nitrogens is 3. The number of carbonyl (C=O) groups is 4. The summed E-state index contributed by atoms with van der Waals surface area (Å²) in [5.74, 6) is -8.15. The van der Waals surface area contributed by atoms with Crippen molar-refractivity contribution in [2.45, 2.75) is 161 Å². The number of fused-ring (bicyclic) bond motifs is 3. The molecule has 3 aromatic carbocycles. The lowest BCUT2D eigenvalue weighted by Gasteiger charge is -2.33. The fraction of sp³-hybridized carbons (Fsp3) is 0.530. The Hall–Kier alpha value is -7.98. The Kier molecular flexibility index (Phi) is 20.9. The molecule has 0 bridgehead atoms. The highest BCUT2D eigenvalue weighted by atomic mass is 19.4. The smallest absolute Gasteiger partial charge is 0.337 e. The van der Waals surface area contributed by atoms with Crippen molar-refractivity contribution in [3.8, 4) is 0 Å². The first-order chi connectivity index (χ1) is 44.7. The van der Waals surface area contributed by atoms with Crippen molar-refractivity contribution in [1.29, 1.82) is 0 Å². The molecule has 2 aliphatic carbocycles. The summed E-state index contributed by atoms with van der Waals surface area (Å²) >= 11 is 0. The van der Waals surface area contributed by atoms with Gasteiger partial charge in [0.1, 0.15) is 11.6 Å². The number of alkyl halides is 9. The van der Waals surface area contributed by atoms with Crippen LogP contribution in [0.2, 0.25) is 0 Å². The van der Waals surface area contributed by atoms with E-state index in [1.807, 2.05) is 0 Å². The molecule has 0 unspecified atom stereocenters. The molecule has 3 aromatic heterocycles. The van der Waals surface area contributed by atoms with E-state index in [0.29, 0.717) is 111 Å². The highest BCUT2D eigenvalue weighted by molar-refractivity contribution is 5.95. The summed E-state index contributed by atoms with van der Waals surface area (Å²) in [5, 5.41) is 24.5. The van der Waals surface area contributed by atoms with E-state index in [1.54, 1.807) is 33.4 Å². The second-order valence-electron chi connectivity index (χ2n) is 25.3. The monoisotopic (exact) mass is 1350 g/mol. The molecule has 7 aliphatic rings. The van der Waals surface area contributed by atoms with Gasteiger partial charge in [0.15, 0.2) is 28.7 Å². The van der Waals surface area contributed by atoms with E-state index < -0.39 is 76.2 Å². The second kappa shape index (κ2) is 28.4. The number of rotatable bonds is 6. The number of urea groups is 1. The van der Waals surface area contributed by atoms with Crippen molar-refractivity contribution in [1.82, 2.24) is 60.4 Å². The number of aryl methyl sites for hydroxylation is 4. The van der Waals surface area contributed by atoms with Gasteiger partial charge < -0.3 is 29.8 Å². The Morgan fingerprint density at radius 3 is 1.22 bits per heavy atom. The maximum absolute atomic E-state index is 14.1. The molecule has 16 nitrogen and oxygen atoms in total. The second-order valence-corrected chi connectivity index (χ2v) is 25.3. The lowest BCUT2D eigenvalue weighted by Crippen LogP contribution is -2.50. The van der Waals surface area contributed by atoms with E-state index >= 15 is 0 Å². The van der Waals surface area contributed by atoms with Gasteiger partial charge in [0.05, 0.1) is 35.5 Å². The van der Waals surface area contributed by atoms with E-state index in [-0.39, 0.29) is 86.0 Å². The third-order valence-corrected chi connectivity index (χ3v) is 19.2. The van der Waals surface area contributed by atoms with Crippen molar-refractivity contribution >= 4 is 23.8 Å². The van der Waals surface area contributed by atoms with Crippen molar-refractivity contribution in [2.24, 2.45) is 0 Å². The maximum Gasteiger partial charge on any atom is 0.419 e. The molecule has 0 saturated carbocycles. The van der Waals surface area contributed by atoms with Gasteiger partial charge in [0.25, 0.3) is 17.7 Å². The number of piperidine rings is 3. The molecule has 0 spiro atoms. The first-order valence-electron chi connectivity index (χ1n) is 31.8. The van der Waals surface area contributed by atoms with Crippen molar-refractivity contribution in [3.05, 3.63) is 155 Å². The summed E-state index contributed by atoms with van der Waals surface area (Å²) in [6.07, 6.45) is -5.12. The summed E-state index contributed by atoms with van der Waals surface area (Å²) in [4.78, 5) is 60.1. The topological polar surface area (TPSA) is 183 Å². The van der Waals surface area contributed by atoms with Gasteiger partial charge >= 0.3 is 24.6 Å². The van der Waals surface area contributed by atoms with Crippen LogP contribution in [0.5, 0.6) is 0 Å². The summed E-state index contributed by atoms with van der Waals surface area (Å²) in [5.41, 5.74) is 3.10. The third kappa shape index (κ3) is 14.9. The number of nitrogens with one attached hydrogen (secondary N) is 4. The first-order valence-corrected chi connectivity index (χ1v) is 31.8. The number of aromatic nitrogens is 6. The van der Waals surface area contributed by atoms with Gasteiger partial charge in [-0.05, 0) is 168 Å². The van der Waals surface area contributed by atoms with Gasteiger partial charge in [-0.25, -0.2) is 22.4 Å². The van der Waals surface area contributed by atoms with Crippen molar-refractivity contribution < 1.29 is 76.3 Å². The zero-order valence-corrected chi connectivity index (χ0v) is 51.7. The quantitative estimate of drug-likeness (QED) is 0.119. The molecule has 4 saturated heterocycles. The predicted molar refractivity (Wildman–Crippen MR) is 322 cm³/mol. The fourth-order valence-corrected chi connectivity index (χ4v) is 14.4. The van der Waals surface area contributed by atoms with Crippen LogP contribution in [0.3, 0.4) is 0 Å². The molecule has 5 amide bonds. The number of benzene rings is 3. The number of halogens is 13. The van der Waals surface area contributed by atoms with E-state index in [0.717, 1.165) is 105 Å². The number of hydrogen-bond donors (Lipinski definition) is 4. The highest BCUT2D eigenvalue weighted by Crippen LogP contribution is 2.45. The van der Waals surface area contributed by atoms with Gasteiger partial charge in [-0.2, -0.15) is 54.8 Å². The van der Waals surface area contributed by atoms with E-state index in [9.17, 15) is 76.3 Å². The lowest BCUT2D eigenvalue weighted by atomic mass is 9.85. The zero-order valence-electron chi connectivity index (χ0n) is 51.7. The molecule has 29 heteroatoms. The minimum absolute atomic E-state index is 0. The zero-order chi connectivity index (χ0) is 67.1. The molecule has 6 aromatic rings. The number of piperazine rings is 1. The summed E-state index contributed by atoms with van der Waals surface area (Å²) in [7, 11) is 0. The Bertz CT molecular complexity index is 3640. The number of nitrogens with zero attached hydrogens (tertiary/aromatic N) is 8. The highest BCUT2D eigenvalue weighted by Gasteiger charge is 2.44. The van der Waals surface area contributed by atoms with Crippen molar-refractivity contribution in [3.63, 3.8) is 0 Å². The van der Waals surface area contributed by atoms with Crippen LogP contribution in [0.4, 0.5) is 61.9 Å². The molecule has 4 fully saturated rings. The van der Waals surface area contributed by atoms with Crippen LogP contribution in [0, 0.1) is 37.1 Å². The summed E-state index contributed by atoms with van der Waals surface area (Å²) in [6.45, 7) is 8.02. The molecule has 0 radical (unpaired) electrons. The van der Waals surface area contributed by atoms with Gasteiger partial charge in [0.2, 0.25) is 0 Å². The Labute approximate surface area is 539 Å². The largest absolute Gasteiger partial charge is 0.419 e. The average Bonchev–Trinajstić information content (AvgIpc) is 1.66. The number of carbonyl (C=O) groups excluding carboxylic acids is 4. The number of amides is 5. The van der Waals surface area contributed by atoms with Crippen LogP contribution in [0.15, 0.2) is 36.4 Å². The Morgan fingerprint density at radius 2 is 0.811 bits per heavy atom.